The quantitative estimate of drug-likeness (QED) is 0.720. The number of hydrogen-bond acceptors (Lipinski definition) is 5. The third-order valence-corrected chi connectivity index (χ3v) is 3.62. The van der Waals surface area contributed by atoms with E-state index in [-0.39, 0.29) is 5.82 Å². The lowest BCUT2D eigenvalue weighted by Crippen LogP contribution is -2.04. The van der Waals surface area contributed by atoms with E-state index < -0.39 is 12.1 Å². The summed E-state index contributed by atoms with van der Waals surface area (Å²) in [5.41, 5.74) is 2.15. The van der Waals surface area contributed by atoms with Crippen LogP contribution in [-0.2, 0) is 6.18 Å². The zero-order valence-electron chi connectivity index (χ0n) is 11.7. The van der Waals surface area contributed by atoms with Gasteiger partial charge in [0.1, 0.15) is 0 Å². The van der Waals surface area contributed by atoms with E-state index in [0.29, 0.717) is 17.2 Å². The van der Waals surface area contributed by atoms with Crippen LogP contribution in [0, 0.1) is 0 Å². The van der Waals surface area contributed by atoms with Gasteiger partial charge in [0.15, 0.2) is 5.76 Å². The molecule has 0 spiro atoms. The lowest BCUT2D eigenvalue weighted by molar-refractivity contribution is -0.159. The third kappa shape index (κ3) is 2.71. The fourth-order valence-electron chi connectivity index (χ4n) is 2.24. The van der Waals surface area contributed by atoms with Crippen molar-refractivity contribution >= 4 is 0 Å². The molecule has 0 saturated heterocycles. The molecule has 1 saturated carbocycles. The summed E-state index contributed by atoms with van der Waals surface area (Å²) >= 11 is 0. The Kier molecular flexibility index (Phi) is 3.00. The highest BCUT2D eigenvalue weighted by molar-refractivity contribution is 5.64. The van der Waals surface area contributed by atoms with Gasteiger partial charge in [-0.1, -0.05) is 34.6 Å². The van der Waals surface area contributed by atoms with Gasteiger partial charge in [0.25, 0.3) is 0 Å². The smallest absolute Gasteiger partial charge is 0.356 e. The van der Waals surface area contributed by atoms with E-state index in [4.69, 9.17) is 4.52 Å². The van der Waals surface area contributed by atoms with E-state index in [1.165, 1.54) is 0 Å². The summed E-state index contributed by atoms with van der Waals surface area (Å²) in [6.45, 7) is 0. The second-order valence-electron chi connectivity index (χ2n) is 5.39. The molecule has 0 amide bonds. The lowest BCUT2D eigenvalue weighted by Gasteiger charge is -1.98. The SMILES string of the molecule is FC(F)(F)c1nc(-c2ccc(-c3cc(C4CC4)no3)cc2)no1. The minimum absolute atomic E-state index is 0.111. The highest BCUT2D eigenvalue weighted by Gasteiger charge is 2.38. The minimum Gasteiger partial charge on any atom is -0.356 e. The van der Waals surface area contributed by atoms with E-state index in [1.807, 2.05) is 6.07 Å². The Morgan fingerprint density at radius 1 is 0.957 bits per heavy atom. The van der Waals surface area contributed by atoms with Gasteiger partial charge >= 0.3 is 12.1 Å². The summed E-state index contributed by atoms with van der Waals surface area (Å²) in [6, 6.07) is 8.55. The second kappa shape index (κ2) is 4.94. The summed E-state index contributed by atoms with van der Waals surface area (Å²) in [6.07, 6.45) is -2.39. The zero-order chi connectivity index (χ0) is 16.0. The molecule has 1 fully saturated rings. The van der Waals surface area contributed by atoms with Gasteiger partial charge in [-0.2, -0.15) is 18.2 Å². The van der Waals surface area contributed by atoms with Crippen molar-refractivity contribution in [3.05, 3.63) is 41.9 Å². The van der Waals surface area contributed by atoms with Crippen LogP contribution in [0.2, 0.25) is 0 Å². The van der Waals surface area contributed by atoms with E-state index >= 15 is 0 Å². The van der Waals surface area contributed by atoms with Crippen LogP contribution in [0.15, 0.2) is 39.4 Å². The predicted molar refractivity (Wildman–Crippen MR) is 72.2 cm³/mol. The van der Waals surface area contributed by atoms with Crippen molar-refractivity contribution in [3.63, 3.8) is 0 Å². The number of nitrogens with zero attached hydrogens (tertiary/aromatic N) is 3. The fraction of sp³-hybridized carbons (Fsp3) is 0.267. The number of halogens is 3. The van der Waals surface area contributed by atoms with E-state index in [2.05, 4.69) is 19.8 Å². The number of alkyl halides is 3. The van der Waals surface area contributed by atoms with Gasteiger partial charge in [0, 0.05) is 23.1 Å². The van der Waals surface area contributed by atoms with Gasteiger partial charge < -0.3 is 9.05 Å². The van der Waals surface area contributed by atoms with Crippen molar-refractivity contribution in [2.75, 3.05) is 0 Å². The Balaban J connectivity index is 1.58. The molecule has 1 aliphatic carbocycles. The standard InChI is InChI=1S/C15H10F3N3O2/c16-15(17,18)14-19-13(21-23-14)10-5-3-9(4-6-10)12-7-11(20-22-12)8-1-2-8/h3-8H,1-2H2. The van der Waals surface area contributed by atoms with Crippen molar-refractivity contribution in [1.29, 1.82) is 0 Å². The Labute approximate surface area is 128 Å². The lowest BCUT2D eigenvalue weighted by atomic mass is 10.1. The molecule has 0 aliphatic heterocycles. The van der Waals surface area contributed by atoms with Gasteiger partial charge in [-0.3, -0.25) is 0 Å². The molecule has 23 heavy (non-hydrogen) atoms. The fourth-order valence-corrected chi connectivity index (χ4v) is 2.24. The maximum atomic E-state index is 12.5. The summed E-state index contributed by atoms with van der Waals surface area (Å²) in [4.78, 5) is 3.35. The Morgan fingerprint density at radius 3 is 2.26 bits per heavy atom. The molecule has 0 radical (unpaired) electrons. The van der Waals surface area contributed by atoms with Crippen LogP contribution in [0.1, 0.15) is 30.3 Å². The average Bonchev–Trinajstić information content (AvgIpc) is 3.05. The molecule has 8 heteroatoms. The third-order valence-electron chi connectivity index (χ3n) is 3.62. The first-order valence-corrected chi connectivity index (χ1v) is 6.99. The molecular weight excluding hydrogens is 311 g/mol. The van der Waals surface area contributed by atoms with Crippen LogP contribution in [0.5, 0.6) is 0 Å². The number of hydrogen-bond donors (Lipinski definition) is 0. The first-order chi connectivity index (χ1) is 11.0. The van der Waals surface area contributed by atoms with Crippen molar-refractivity contribution in [1.82, 2.24) is 15.3 Å². The number of rotatable bonds is 3. The second-order valence-corrected chi connectivity index (χ2v) is 5.39. The molecule has 1 aromatic carbocycles. The maximum absolute atomic E-state index is 12.5. The predicted octanol–water partition coefficient (Wildman–Crippen LogP) is 4.29. The van der Waals surface area contributed by atoms with Crippen LogP contribution < -0.4 is 0 Å². The van der Waals surface area contributed by atoms with Gasteiger partial charge in [-0.05, 0) is 12.8 Å². The van der Waals surface area contributed by atoms with Crippen molar-refractivity contribution < 1.29 is 22.2 Å². The first-order valence-electron chi connectivity index (χ1n) is 6.99. The summed E-state index contributed by atoms with van der Waals surface area (Å²) in [7, 11) is 0. The van der Waals surface area contributed by atoms with Crippen molar-refractivity contribution in [2.45, 2.75) is 24.9 Å². The van der Waals surface area contributed by atoms with Crippen LogP contribution >= 0.6 is 0 Å². The molecule has 2 aromatic heterocycles. The van der Waals surface area contributed by atoms with Crippen LogP contribution in [0.3, 0.4) is 0 Å². The van der Waals surface area contributed by atoms with Gasteiger partial charge in [0.05, 0.1) is 5.69 Å². The Bertz CT molecular complexity index is 832. The highest BCUT2D eigenvalue weighted by atomic mass is 19.4. The molecule has 4 rings (SSSR count). The van der Waals surface area contributed by atoms with Gasteiger partial charge in [0.2, 0.25) is 5.82 Å². The van der Waals surface area contributed by atoms with Crippen molar-refractivity contribution in [2.24, 2.45) is 0 Å². The van der Waals surface area contributed by atoms with E-state index in [1.54, 1.807) is 24.3 Å². The molecule has 5 nitrogen and oxygen atoms in total. The van der Waals surface area contributed by atoms with Crippen molar-refractivity contribution in [3.8, 4) is 22.7 Å². The molecule has 1 aliphatic rings. The molecule has 0 bridgehead atoms. The molecule has 0 atom stereocenters. The minimum atomic E-state index is -4.65. The van der Waals surface area contributed by atoms with Crippen LogP contribution in [0.25, 0.3) is 22.7 Å². The maximum Gasteiger partial charge on any atom is 0.471 e. The molecule has 2 heterocycles. The first kappa shape index (κ1) is 14.0. The Hall–Kier alpha value is -2.64. The largest absolute Gasteiger partial charge is 0.471 e. The molecule has 0 N–H and O–H groups in total. The molecular formula is C15H10F3N3O2. The molecule has 0 unspecified atom stereocenters. The van der Waals surface area contributed by atoms with Crippen LogP contribution in [-0.4, -0.2) is 15.3 Å². The van der Waals surface area contributed by atoms with Gasteiger partial charge in [-0.25, -0.2) is 0 Å². The molecule has 3 aromatic rings. The highest BCUT2D eigenvalue weighted by Crippen LogP contribution is 2.40. The van der Waals surface area contributed by atoms with E-state index in [9.17, 15) is 13.2 Å². The van der Waals surface area contributed by atoms with E-state index in [0.717, 1.165) is 24.1 Å². The molecule has 118 valence electrons. The van der Waals surface area contributed by atoms with Crippen LogP contribution in [0.4, 0.5) is 13.2 Å². The summed E-state index contributed by atoms with van der Waals surface area (Å²) < 4.78 is 46.9. The number of aromatic nitrogens is 3. The van der Waals surface area contributed by atoms with Gasteiger partial charge in [-0.15, -0.1) is 0 Å². The summed E-state index contributed by atoms with van der Waals surface area (Å²) in [5, 5.41) is 7.37. The average molecular weight is 321 g/mol. The summed E-state index contributed by atoms with van der Waals surface area (Å²) in [5.74, 6) is -0.351. The normalized spacial score (nSPS) is 15.1. The zero-order valence-corrected chi connectivity index (χ0v) is 11.7. The Morgan fingerprint density at radius 2 is 1.65 bits per heavy atom. The monoisotopic (exact) mass is 321 g/mol. The number of benzene rings is 1. The topological polar surface area (TPSA) is 65.0 Å².